The molecule has 5 heteroatoms. The van der Waals surface area contributed by atoms with Crippen LogP contribution in [0, 0.1) is 45.3 Å². The Morgan fingerprint density at radius 3 is 0.835 bits per heavy atom. The standard InChI is InChI=1S/C86H85NO4/c1-42(2)83-25-17-79(9,18-26-83)62-36-53-51(33-55(62)75(83)88)50-35-61-68(53)46-13-15-48-71-49(16-14-47(70(46)71)69(61)54-37-63-56(34-52(50)54)76(89)84(43(3)4)27-19-80(63,10)20-28-84)73-60-39-65-58(78(91)86(45(7)8)31-23-82(65,12)24-32-86)41-67(60)87-66-40-57-64(38-59(66)72(48)74(73)87)81(11)21-29-85(30-22-81,44(5)6)77(57)90/h13-16,33-45H,17-32H2,1-12H3. The first kappa shape index (κ1) is 54.6. The van der Waals surface area contributed by atoms with Gasteiger partial charge in [-0.25, -0.2) is 0 Å². The van der Waals surface area contributed by atoms with Gasteiger partial charge in [0.05, 0.1) is 16.6 Å². The molecule has 0 aliphatic heterocycles. The van der Waals surface area contributed by atoms with Crippen LogP contribution < -0.4 is 0 Å². The molecule has 10 bridgehead atoms. The molecule has 0 atom stereocenters. The first-order valence-corrected chi connectivity index (χ1v) is 35.7. The van der Waals surface area contributed by atoms with E-state index in [9.17, 15) is 0 Å². The van der Waals surface area contributed by atoms with Crippen molar-refractivity contribution in [2.45, 2.75) is 207 Å². The summed E-state index contributed by atoms with van der Waals surface area (Å²) < 4.78 is 2.53. The van der Waals surface area contributed by atoms with Gasteiger partial charge in [-0.1, -0.05) is 107 Å². The molecule has 2 heterocycles. The summed E-state index contributed by atoms with van der Waals surface area (Å²) in [5, 5.41) is 21.9. The summed E-state index contributed by atoms with van der Waals surface area (Å²) in [4.78, 5) is 63.0. The molecule has 2 aromatic heterocycles. The molecule has 0 amide bonds. The molecular weight excluding hydrogens is 1110 g/mol. The maximum absolute atomic E-state index is 15.8. The topological polar surface area (TPSA) is 72.7 Å². The van der Waals surface area contributed by atoms with Crippen molar-refractivity contribution < 1.29 is 19.2 Å². The second-order valence-electron chi connectivity index (χ2n) is 34.7. The summed E-state index contributed by atoms with van der Waals surface area (Å²) in [6, 6.07) is 31.8. The number of hydrogen-bond donors (Lipinski definition) is 0. The van der Waals surface area contributed by atoms with E-state index in [2.05, 4.69) is 166 Å². The molecule has 0 spiro atoms. The number of nitrogens with zero attached hydrogens (tertiary/aromatic N) is 1. The summed E-state index contributed by atoms with van der Waals surface area (Å²) in [5.41, 5.74) is 9.69. The lowest BCUT2D eigenvalue weighted by molar-refractivity contribution is 0.0537. The number of aromatic nitrogens is 1. The Balaban J connectivity index is 0.995. The molecule has 91 heavy (non-hydrogen) atoms. The number of ketones is 4. The smallest absolute Gasteiger partial charge is 0.169 e. The first-order valence-electron chi connectivity index (χ1n) is 35.7. The zero-order chi connectivity index (χ0) is 62.4. The van der Waals surface area contributed by atoms with Gasteiger partial charge in [-0.3, -0.25) is 19.2 Å². The van der Waals surface area contributed by atoms with E-state index in [-0.39, 0.29) is 56.2 Å². The van der Waals surface area contributed by atoms with Crippen molar-refractivity contribution in [1.82, 2.24) is 4.40 Å². The molecule has 12 aliphatic carbocycles. The molecular formula is C86H85NO4. The van der Waals surface area contributed by atoms with Crippen LogP contribution >= 0.6 is 0 Å². The van der Waals surface area contributed by atoms with Crippen molar-refractivity contribution in [2.24, 2.45) is 45.3 Å². The molecule has 0 unspecified atom stereocenters. The van der Waals surface area contributed by atoms with Gasteiger partial charge in [0.25, 0.3) is 0 Å². The zero-order valence-corrected chi connectivity index (χ0v) is 55.7. The number of fused-ring (bicyclic) bond motifs is 25. The fourth-order valence-corrected chi connectivity index (χ4v) is 23.6. The van der Waals surface area contributed by atoms with E-state index >= 15 is 19.2 Å². The Kier molecular flexibility index (Phi) is 9.89. The molecule has 458 valence electrons. The van der Waals surface area contributed by atoms with Gasteiger partial charge in [-0.15, -0.1) is 0 Å². The fourth-order valence-electron chi connectivity index (χ4n) is 23.6. The van der Waals surface area contributed by atoms with Crippen molar-refractivity contribution in [3.63, 3.8) is 0 Å². The molecule has 10 aromatic carbocycles. The minimum Gasteiger partial charge on any atom is -0.308 e. The average molecular weight is 1200 g/mol. The van der Waals surface area contributed by atoms with Gasteiger partial charge in [-0.2, -0.15) is 0 Å². The van der Waals surface area contributed by atoms with Crippen molar-refractivity contribution in [2.75, 3.05) is 0 Å². The van der Waals surface area contributed by atoms with Crippen LogP contribution in [0.25, 0.3) is 114 Å². The Morgan fingerprint density at radius 2 is 0.538 bits per heavy atom. The van der Waals surface area contributed by atoms with E-state index in [1.165, 1.54) is 109 Å². The Labute approximate surface area is 533 Å². The molecule has 12 aliphatic rings. The van der Waals surface area contributed by atoms with Crippen LogP contribution in [0.1, 0.15) is 250 Å². The van der Waals surface area contributed by atoms with Gasteiger partial charge >= 0.3 is 0 Å². The molecule has 4 saturated carbocycles. The lowest BCUT2D eigenvalue weighted by atomic mass is 9.60. The predicted molar refractivity (Wildman–Crippen MR) is 376 cm³/mol. The van der Waals surface area contributed by atoms with Gasteiger partial charge in [0.15, 0.2) is 23.1 Å². The van der Waals surface area contributed by atoms with Crippen molar-refractivity contribution in [1.29, 1.82) is 0 Å². The Morgan fingerprint density at radius 1 is 0.275 bits per heavy atom. The predicted octanol–water partition coefficient (Wildman–Crippen LogP) is 22.5. The quantitative estimate of drug-likeness (QED) is 0.130. The molecule has 12 aromatic rings. The Bertz CT molecular complexity index is 5140. The van der Waals surface area contributed by atoms with Crippen LogP contribution in [-0.2, 0) is 21.7 Å². The second kappa shape index (κ2) is 16.5. The highest BCUT2D eigenvalue weighted by molar-refractivity contribution is 6.49. The highest BCUT2D eigenvalue weighted by Gasteiger charge is 2.57. The third kappa shape index (κ3) is 5.94. The van der Waals surface area contributed by atoms with E-state index in [1.54, 1.807) is 0 Å². The summed E-state index contributed by atoms with van der Waals surface area (Å²) in [7, 11) is 0. The normalized spacial score (nSPS) is 31.4. The van der Waals surface area contributed by atoms with Crippen LogP contribution in [-0.4, -0.2) is 27.5 Å². The fraction of sp³-hybridized carbons (Fsp3) is 0.465. The number of carbonyl (C=O) groups excluding carboxylic acids is 4. The molecule has 5 nitrogen and oxygen atoms in total. The highest BCUT2D eigenvalue weighted by Crippen LogP contribution is 2.64. The highest BCUT2D eigenvalue weighted by atomic mass is 16.1. The number of Topliss-reactive ketones (excluding diaryl/α,β-unsaturated/α-hetero) is 4. The maximum Gasteiger partial charge on any atom is 0.169 e. The summed E-state index contributed by atoms with van der Waals surface area (Å²) in [6.45, 7) is 28.0. The van der Waals surface area contributed by atoms with E-state index in [0.29, 0.717) is 23.1 Å². The monoisotopic (exact) mass is 1200 g/mol. The van der Waals surface area contributed by atoms with E-state index in [1.807, 2.05) is 0 Å². The van der Waals surface area contributed by atoms with Crippen molar-refractivity contribution in [3.05, 3.63) is 123 Å². The zero-order valence-electron chi connectivity index (χ0n) is 55.7. The summed E-state index contributed by atoms with van der Waals surface area (Å²) >= 11 is 0. The van der Waals surface area contributed by atoms with Crippen molar-refractivity contribution >= 4 is 137 Å². The molecule has 0 radical (unpaired) electrons. The maximum atomic E-state index is 15.8. The molecule has 24 rings (SSSR count). The van der Waals surface area contributed by atoms with Gasteiger partial charge in [0.2, 0.25) is 0 Å². The van der Waals surface area contributed by atoms with E-state index < -0.39 is 10.8 Å². The number of benzene rings is 10. The van der Waals surface area contributed by atoms with Crippen LogP contribution in [0.4, 0.5) is 0 Å². The van der Waals surface area contributed by atoms with Crippen LogP contribution in [0.15, 0.2) is 78.9 Å². The molecule has 0 saturated heterocycles. The van der Waals surface area contributed by atoms with Gasteiger partial charge in [-0.05, 0) is 300 Å². The largest absolute Gasteiger partial charge is 0.308 e. The number of hydrogen-bond acceptors (Lipinski definition) is 4. The van der Waals surface area contributed by atoms with Gasteiger partial charge in [0, 0.05) is 65.5 Å². The van der Waals surface area contributed by atoms with E-state index in [4.69, 9.17) is 0 Å². The lowest BCUT2D eigenvalue weighted by Gasteiger charge is -2.42. The van der Waals surface area contributed by atoms with Gasteiger partial charge < -0.3 is 4.40 Å². The molecule has 0 N–H and O–H groups in total. The number of rotatable bonds is 4. The van der Waals surface area contributed by atoms with Crippen molar-refractivity contribution in [3.8, 4) is 0 Å². The van der Waals surface area contributed by atoms with E-state index in [0.717, 1.165) is 152 Å². The average Bonchev–Trinajstić information content (AvgIpc) is 1.64. The van der Waals surface area contributed by atoms with Gasteiger partial charge in [0.1, 0.15) is 0 Å². The summed E-state index contributed by atoms with van der Waals surface area (Å²) in [5.74, 6) is 2.21. The minimum absolute atomic E-state index is 0.140. The third-order valence-corrected chi connectivity index (χ3v) is 30.3. The first-order chi connectivity index (χ1) is 43.4. The Hall–Kier alpha value is -6.98. The lowest BCUT2D eigenvalue weighted by Crippen LogP contribution is -2.39. The summed E-state index contributed by atoms with van der Waals surface area (Å²) in [6.07, 6.45) is 15.2. The third-order valence-electron chi connectivity index (χ3n) is 30.3. The minimum atomic E-state index is -0.392. The van der Waals surface area contributed by atoms with Crippen LogP contribution in [0.2, 0.25) is 0 Å². The SMILES string of the molecule is CC(C)C12CCC(C)(CC1)c1cc3c(cc1C2=O)c1cc2c3c3ccc4c5c(ccc(c2c2cc6c(cc12)C(=O)C1(C(C)C)CCC6(C)CC1)c35)c1c2cc3c(cc2n2c5cc6c(cc5c4c12)C1(C)CCC(C(C)C)(CC1)C6=O)C(=O)C1(C(C)C)CCC3(C)CC1. The molecule has 4 fully saturated rings. The number of carbonyl (C=O) groups is 4. The van der Waals surface area contributed by atoms with Crippen LogP contribution in [0.3, 0.4) is 0 Å². The van der Waals surface area contributed by atoms with Crippen LogP contribution in [0.5, 0.6) is 0 Å². The second-order valence-corrected chi connectivity index (χ2v) is 34.7.